The van der Waals surface area contributed by atoms with Crippen molar-refractivity contribution in [3.63, 3.8) is 0 Å². The number of nitriles is 1. The highest BCUT2D eigenvalue weighted by Crippen LogP contribution is 2.47. The Morgan fingerprint density at radius 3 is 2.67 bits per heavy atom. The first-order valence-electron chi connectivity index (χ1n) is 8.75. The van der Waals surface area contributed by atoms with Gasteiger partial charge in [0.2, 0.25) is 0 Å². The van der Waals surface area contributed by atoms with Gasteiger partial charge in [0.1, 0.15) is 5.92 Å². The SMILES string of the molecule is CCOC(=O)[C@H](C#N)[C@]1(Cc2ccccc2)C[C@H](C)N(C)C[C@H]1C. The van der Waals surface area contributed by atoms with Gasteiger partial charge in [0.25, 0.3) is 0 Å². The Bertz CT molecular complexity index is 595. The maximum Gasteiger partial charge on any atom is 0.323 e. The number of benzene rings is 1. The number of piperidine rings is 1. The summed E-state index contributed by atoms with van der Waals surface area (Å²) in [7, 11) is 2.11. The Morgan fingerprint density at radius 1 is 1.42 bits per heavy atom. The topological polar surface area (TPSA) is 53.3 Å². The van der Waals surface area contributed by atoms with Crippen molar-refractivity contribution in [1.29, 1.82) is 5.26 Å². The predicted octanol–water partition coefficient (Wildman–Crippen LogP) is 3.28. The summed E-state index contributed by atoms with van der Waals surface area (Å²) >= 11 is 0. The van der Waals surface area contributed by atoms with E-state index in [0.29, 0.717) is 12.6 Å². The minimum Gasteiger partial charge on any atom is -0.465 e. The summed E-state index contributed by atoms with van der Waals surface area (Å²) < 4.78 is 5.25. The van der Waals surface area contributed by atoms with Gasteiger partial charge in [-0.2, -0.15) is 5.26 Å². The van der Waals surface area contributed by atoms with Crippen LogP contribution in [-0.2, 0) is 16.0 Å². The minimum atomic E-state index is -0.733. The van der Waals surface area contributed by atoms with Crippen molar-refractivity contribution >= 4 is 5.97 Å². The van der Waals surface area contributed by atoms with E-state index in [4.69, 9.17) is 4.74 Å². The lowest BCUT2D eigenvalue weighted by atomic mass is 9.59. The van der Waals surface area contributed by atoms with Crippen LogP contribution in [0, 0.1) is 28.6 Å². The molecule has 0 radical (unpaired) electrons. The molecule has 0 spiro atoms. The highest BCUT2D eigenvalue weighted by molar-refractivity contribution is 5.76. The average Bonchev–Trinajstić information content (AvgIpc) is 2.55. The molecule has 24 heavy (non-hydrogen) atoms. The van der Waals surface area contributed by atoms with Gasteiger partial charge in [0, 0.05) is 18.0 Å². The number of rotatable bonds is 5. The van der Waals surface area contributed by atoms with Gasteiger partial charge in [-0.05, 0) is 45.2 Å². The molecule has 0 aliphatic carbocycles. The van der Waals surface area contributed by atoms with Gasteiger partial charge in [-0.25, -0.2) is 0 Å². The van der Waals surface area contributed by atoms with Gasteiger partial charge in [0.15, 0.2) is 0 Å². The number of likely N-dealkylation sites (tertiary alicyclic amines) is 1. The Kier molecular flexibility index (Phi) is 6.01. The van der Waals surface area contributed by atoms with Crippen molar-refractivity contribution in [3.05, 3.63) is 35.9 Å². The molecule has 1 aliphatic rings. The van der Waals surface area contributed by atoms with Crippen molar-refractivity contribution < 1.29 is 9.53 Å². The molecule has 1 fully saturated rings. The van der Waals surface area contributed by atoms with Crippen LogP contribution < -0.4 is 0 Å². The number of carbonyl (C=O) groups is 1. The zero-order chi connectivity index (χ0) is 17.7. The van der Waals surface area contributed by atoms with E-state index in [1.54, 1.807) is 6.92 Å². The molecule has 1 aromatic rings. The third-order valence-corrected chi connectivity index (χ3v) is 5.57. The van der Waals surface area contributed by atoms with E-state index in [9.17, 15) is 10.1 Å². The molecule has 4 atom stereocenters. The molecular formula is C20H28N2O2. The Hall–Kier alpha value is -1.86. The van der Waals surface area contributed by atoms with Crippen molar-refractivity contribution in [2.45, 2.75) is 39.7 Å². The van der Waals surface area contributed by atoms with Crippen molar-refractivity contribution in [2.75, 3.05) is 20.2 Å². The van der Waals surface area contributed by atoms with E-state index in [1.807, 2.05) is 18.2 Å². The molecule has 1 heterocycles. The minimum absolute atomic E-state index is 0.230. The van der Waals surface area contributed by atoms with Gasteiger partial charge < -0.3 is 9.64 Å². The van der Waals surface area contributed by atoms with Gasteiger partial charge in [0.05, 0.1) is 12.7 Å². The van der Waals surface area contributed by atoms with Crippen LogP contribution in [0.2, 0.25) is 0 Å². The second-order valence-corrected chi connectivity index (χ2v) is 7.10. The van der Waals surface area contributed by atoms with Gasteiger partial charge in [-0.1, -0.05) is 37.3 Å². The van der Waals surface area contributed by atoms with Crippen molar-refractivity contribution in [2.24, 2.45) is 17.3 Å². The molecule has 1 aliphatic heterocycles. The van der Waals surface area contributed by atoms with Crippen LogP contribution in [-0.4, -0.2) is 37.1 Å². The molecule has 0 unspecified atom stereocenters. The molecule has 2 rings (SSSR count). The van der Waals surface area contributed by atoms with E-state index in [2.05, 4.69) is 44.0 Å². The van der Waals surface area contributed by atoms with Crippen LogP contribution in [0.3, 0.4) is 0 Å². The fraction of sp³-hybridized carbons (Fsp3) is 0.600. The van der Waals surface area contributed by atoms with Crippen LogP contribution in [0.15, 0.2) is 30.3 Å². The summed E-state index contributed by atoms with van der Waals surface area (Å²) in [6.45, 7) is 7.31. The average molecular weight is 328 g/mol. The summed E-state index contributed by atoms with van der Waals surface area (Å²) in [4.78, 5) is 14.9. The van der Waals surface area contributed by atoms with Gasteiger partial charge >= 0.3 is 5.97 Å². The van der Waals surface area contributed by atoms with E-state index < -0.39 is 11.3 Å². The lowest BCUT2D eigenvalue weighted by Crippen LogP contribution is -2.55. The first-order valence-corrected chi connectivity index (χ1v) is 8.75. The third-order valence-electron chi connectivity index (χ3n) is 5.57. The molecule has 4 heteroatoms. The monoisotopic (exact) mass is 328 g/mol. The van der Waals surface area contributed by atoms with Gasteiger partial charge in [-0.3, -0.25) is 4.79 Å². The van der Waals surface area contributed by atoms with Crippen LogP contribution in [0.1, 0.15) is 32.8 Å². The third kappa shape index (κ3) is 3.62. The van der Waals surface area contributed by atoms with E-state index >= 15 is 0 Å². The summed E-state index contributed by atoms with van der Waals surface area (Å²) in [5.74, 6) is -0.878. The lowest BCUT2D eigenvalue weighted by molar-refractivity contribution is -0.154. The lowest BCUT2D eigenvalue weighted by Gasteiger charge is -2.50. The summed E-state index contributed by atoms with van der Waals surface area (Å²) in [5.41, 5.74) is 0.777. The molecule has 0 bridgehead atoms. The smallest absolute Gasteiger partial charge is 0.323 e. The Balaban J connectivity index is 2.44. The highest BCUT2D eigenvalue weighted by atomic mass is 16.5. The largest absolute Gasteiger partial charge is 0.465 e. The zero-order valence-corrected chi connectivity index (χ0v) is 15.2. The molecule has 0 saturated carbocycles. The second kappa shape index (κ2) is 7.81. The number of hydrogen-bond donors (Lipinski definition) is 0. The maximum atomic E-state index is 12.5. The van der Waals surface area contributed by atoms with Crippen molar-refractivity contribution in [1.82, 2.24) is 4.90 Å². The standard InChI is InChI=1S/C20H28N2O2/c1-5-24-19(23)18(13-21)20(12-17-9-7-6-8-10-17)11-16(3)22(4)14-15(20)2/h6-10,15-16,18H,5,11-12,14H2,1-4H3/t15-,16+,18+,20+/m1/s1. The number of carbonyl (C=O) groups excluding carboxylic acids is 1. The fourth-order valence-corrected chi connectivity index (χ4v) is 4.07. The Morgan fingerprint density at radius 2 is 2.08 bits per heavy atom. The molecule has 4 nitrogen and oxygen atoms in total. The van der Waals surface area contributed by atoms with Crippen LogP contribution >= 0.6 is 0 Å². The first kappa shape index (κ1) is 18.5. The molecular weight excluding hydrogens is 300 g/mol. The summed E-state index contributed by atoms with van der Waals surface area (Å²) in [5, 5.41) is 9.82. The summed E-state index contributed by atoms with van der Waals surface area (Å²) in [6, 6.07) is 12.8. The van der Waals surface area contributed by atoms with E-state index in [1.165, 1.54) is 5.56 Å². The van der Waals surface area contributed by atoms with Crippen LogP contribution in [0.25, 0.3) is 0 Å². The molecule has 0 N–H and O–H groups in total. The number of esters is 1. The zero-order valence-electron chi connectivity index (χ0n) is 15.2. The number of ether oxygens (including phenoxy) is 1. The summed E-state index contributed by atoms with van der Waals surface area (Å²) in [6.07, 6.45) is 1.54. The second-order valence-electron chi connectivity index (χ2n) is 7.10. The van der Waals surface area contributed by atoms with E-state index in [-0.39, 0.29) is 11.9 Å². The molecule has 1 saturated heterocycles. The first-order chi connectivity index (χ1) is 11.4. The van der Waals surface area contributed by atoms with Crippen LogP contribution in [0.4, 0.5) is 0 Å². The quantitative estimate of drug-likeness (QED) is 0.778. The maximum absolute atomic E-state index is 12.5. The molecule has 1 aromatic carbocycles. The Labute approximate surface area is 145 Å². The predicted molar refractivity (Wildman–Crippen MR) is 94.2 cm³/mol. The normalized spacial score (nSPS) is 28.8. The van der Waals surface area contributed by atoms with Crippen molar-refractivity contribution in [3.8, 4) is 6.07 Å². The number of hydrogen-bond acceptors (Lipinski definition) is 4. The molecule has 130 valence electrons. The highest BCUT2D eigenvalue weighted by Gasteiger charge is 2.51. The van der Waals surface area contributed by atoms with Gasteiger partial charge in [-0.15, -0.1) is 0 Å². The van der Waals surface area contributed by atoms with E-state index in [0.717, 1.165) is 19.4 Å². The fourth-order valence-electron chi connectivity index (χ4n) is 4.07. The number of nitrogens with zero attached hydrogens (tertiary/aromatic N) is 2. The molecule has 0 aromatic heterocycles. The molecule has 0 amide bonds. The van der Waals surface area contributed by atoms with Crippen LogP contribution in [0.5, 0.6) is 0 Å².